The van der Waals surface area contributed by atoms with E-state index in [-0.39, 0.29) is 22.9 Å². The van der Waals surface area contributed by atoms with E-state index in [1.54, 1.807) is 24.3 Å². The minimum atomic E-state index is -4.41. The van der Waals surface area contributed by atoms with Crippen LogP contribution in [-0.4, -0.2) is 24.1 Å². The van der Waals surface area contributed by atoms with Gasteiger partial charge in [-0.1, -0.05) is 36.4 Å². The zero-order valence-electron chi connectivity index (χ0n) is 16.9. The lowest BCUT2D eigenvalue weighted by atomic mass is 9.77. The van der Waals surface area contributed by atoms with Gasteiger partial charge in [-0.25, -0.2) is 4.79 Å². The van der Waals surface area contributed by atoms with Crippen LogP contribution in [-0.2, 0) is 22.1 Å². The molecule has 1 heterocycles. The Balaban J connectivity index is 1.54. The molecule has 2 aromatic carbocycles. The molecular weight excluding hydrogens is 425 g/mol. The predicted molar refractivity (Wildman–Crippen MR) is 114 cm³/mol. The fourth-order valence-electron chi connectivity index (χ4n) is 4.32. The molecule has 0 saturated heterocycles. The molecule has 2 atom stereocenters. The van der Waals surface area contributed by atoms with Crippen LogP contribution in [0.15, 0.2) is 53.4 Å². The van der Waals surface area contributed by atoms with Crippen molar-refractivity contribution in [2.75, 3.05) is 7.11 Å². The van der Waals surface area contributed by atoms with Crippen molar-refractivity contribution in [1.29, 1.82) is 0 Å². The van der Waals surface area contributed by atoms with Crippen LogP contribution in [0.25, 0.3) is 11.1 Å². The topological polar surface area (TPSA) is 43.4 Å². The molecule has 2 aliphatic rings. The number of Topliss-reactive ketones (excluding diaryl/α,β-unsaturated/α-hetero) is 1. The van der Waals surface area contributed by atoms with Crippen LogP contribution in [0.2, 0.25) is 0 Å². The number of methoxy groups -OCH3 is 1. The van der Waals surface area contributed by atoms with Gasteiger partial charge in [-0.2, -0.15) is 13.2 Å². The summed E-state index contributed by atoms with van der Waals surface area (Å²) in [4.78, 5) is 25.5. The molecular formula is C24H21F3O3S. The molecule has 4 rings (SSSR count). The maximum absolute atomic E-state index is 13.2. The lowest BCUT2D eigenvalue weighted by molar-refractivity contribution is -0.137. The first-order valence-corrected chi connectivity index (χ1v) is 10.9. The summed E-state index contributed by atoms with van der Waals surface area (Å²) in [5.41, 5.74) is 1.86. The Hall–Kier alpha value is -2.54. The van der Waals surface area contributed by atoms with Crippen molar-refractivity contribution in [2.45, 2.75) is 37.1 Å². The number of benzene rings is 2. The standard InChI is InChI=1S/C24H21F3O3S/c1-30-23(29)21-11-9-17(31-21)13-15-8-10-19-18(6-3-7-20(19)22(15)28)14-4-2-5-16(12-14)24(25,26)27/h2-7,11-12,15,17H,8-10,13H2,1H3. The zero-order valence-corrected chi connectivity index (χ0v) is 17.7. The van der Waals surface area contributed by atoms with Gasteiger partial charge >= 0.3 is 12.1 Å². The fourth-order valence-corrected chi connectivity index (χ4v) is 5.58. The van der Waals surface area contributed by atoms with Crippen molar-refractivity contribution >= 4 is 23.5 Å². The smallest absolute Gasteiger partial charge is 0.416 e. The van der Waals surface area contributed by atoms with Gasteiger partial charge in [-0.15, -0.1) is 11.8 Å². The summed E-state index contributed by atoms with van der Waals surface area (Å²) in [6, 6.07) is 10.5. The number of halogens is 3. The molecule has 162 valence electrons. The van der Waals surface area contributed by atoms with Crippen molar-refractivity contribution < 1.29 is 27.5 Å². The van der Waals surface area contributed by atoms with Crippen molar-refractivity contribution in [3.8, 4) is 11.1 Å². The SMILES string of the molecule is COC(=O)C1=CCC(CC2CCc3c(cccc3-c3cccc(C(F)(F)F)c3)C2=O)S1. The number of ketones is 1. The van der Waals surface area contributed by atoms with Crippen LogP contribution in [0, 0.1) is 5.92 Å². The maximum atomic E-state index is 13.2. The average molecular weight is 446 g/mol. The monoisotopic (exact) mass is 446 g/mol. The van der Waals surface area contributed by atoms with Gasteiger partial charge in [0.15, 0.2) is 5.78 Å². The Morgan fingerprint density at radius 2 is 1.90 bits per heavy atom. The predicted octanol–water partition coefficient (Wildman–Crippen LogP) is 6.07. The largest absolute Gasteiger partial charge is 0.465 e. The Bertz CT molecular complexity index is 1060. The second-order valence-electron chi connectivity index (χ2n) is 7.78. The molecule has 0 fully saturated rings. The minimum Gasteiger partial charge on any atom is -0.465 e. The van der Waals surface area contributed by atoms with Gasteiger partial charge in [-0.05, 0) is 54.5 Å². The van der Waals surface area contributed by atoms with E-state index in [0.717, 1.165) is 24.1 Å². The van der Waals surface area contributed by atoms with Crippen LogP contribution >= 0.6 is 11.8 Å². The molecule has 0 amide bonds. The number of thioether (sulfide) groups is 1. The first-order valence-electron chi connectivity index (χ1n) is 10.1. The highest BCUT2D eigenvalue weighted by Gasteiger charge is 2.34. The van der Waals surface area contributed by atoms with Crippen LogP contribution in [0.4, 0.5) is 13.2 Å². The quantitative estimate of drug-likeness (QED) is 0.535. The molecule has 0 aromatic heterocycles. The molecule has 0 N–H and O–H groups in total. The molecule has 0 saturated carbocycles. The highest BCUT2D eigenvalue weighted by Crippen LogP contribution is 2.41. The zero-order chi connectivity index (χ0) is 22.2. The van der Waals surface area contributed by atoms with Gasteiger partial charge in [0.2, 0.25) is 0 Å². The highest BCUT2D eigenvalue weighted by molar-refractivity contribution is 8.04. The lowest BCUT2D eigenvalue weighted by Gasteiger charge is -2.27. The van der Waals surface area contributed by atoms with Gasteiger partial charge in [0.25, 0.3) is 0 Å². The van der Waals surface area contributed by atoms with Crippen molar-refractivity contribution in [3.05, 3.63) is 70.1 Å². The van der Waals surface area contributed by atoms with E-state index in [9.17, 15) is 22.8 Å². The van der Waals surface area contributed by atoms with Gasteiger partial charge in [0.05, 0.1) is 17.6 Å². The number of rotatable bonds is 4. The Kier molecular flexibility index (Phi) is 5.97. The molecule has 2 aromatic rings. The number of hydrogen-bond donors (Lipinski definition) is 0. The Morgan fingerprint density at radius 3 is 2.65 bits per heavy atom. The molecule has 0 bridgehead atoms. The third kappa shape index (κ3) is 4.42. The minimum absolute atomic E-state index is 0.0298. The summed E-state index contributed by atoms with van der Waals surface area (Å²) in [7, 11) is 1.35. The Labute approximate surface area is 182 Å². The van der Waals surface area contributed by atoms with Gasteiger partial charge in [0, 0.05) is 16.7 Å². The number of hydrogen-bond acceptors (Lipinski definition) is 4. The second kappa shape index (κ2) is 8.54. The summed E-state index contributed by atoms with van der Waals surface area (Å²) >= 11 is 1.45. The first-order chi connectivity index (χ1) is 14.8. The fraction of sp³-hybridized carbons (Fsp3) is 0.333. The average Bonchev–Trinajstić information content (AvgIpc) is 3.23. The molecule has 1 aliphatic carbocycles. The number of carbonyl (C=O) groups is 2. The molecule has 1 aliphatic heterocycles. The third-order valence-corrected chi connectivity index (χ3v) is 7.16. The van der Waals surface area contributed by atoms with Crippen LogP contribution in [0.3, 0.4) is 0 Å². The van der Waals surface area contributed by atoms with E-state index in [1.807, 2.05) is 6.08 Å². The van der Waals surface area contributed by atoms with Crippen molar-refractivity contribution in [1.82, 2.24) is 0 Å². The van der Waals surface area contributed by atoms with Crippen LogP contribution in [0.1, 0.15) is 40.7 Å². The molecule has 2 unspecified atom stereocenters. The van der Waals surface area contributed by atoms with E-state index in [0.29, 0.717) is 40.9 Å². The number of allylic oxidation sites excluding steroid dienone is 1. The first kappa shape index (κ1) is 21.7. The normalized spacial score (nSPS) is 20.9. The molecule has 3 nitrogen and oxygen atoms in total. The molecule has 31 heavy (non-hydrogen) atoms. The third-order valence-electron chi connectivity index (χ3n) is 5.85. The van der Waals surface area contributed by atoms with E-state index in [2.05, 4.69) is 0 Å². The lowest BCUT2D eigenvalue weighted by Crippen LogP contribution is -2.25. The summed E-state index contributed by atoms with van der Waals surface area (Å²) < 4.78 is 44.2. The number of ether oxygens (including phenoxy) is 1. The maximum Gasteiger partial charge on any atom is 0.416 e. The summed E-state index contributed by atoms with van der Waals surface area (Å²) in [6.45, 7) is 0. The van der Waals surface area contributed by atoms with Gasteiger partial charge < -0.3 is 4.74 Å². The summed E-state index contributed by atoms with van der Waals surface area (Å²) in [5.74, 6) is -0.479. The van der Waals surface area contributed by atoms with E-state index < -0.39 is 11.7 Å². The van der Waals surface area contributed by atoms with Gasteiger partial charge in [0.1, 0.15) is 0 Å². The van der Waals surface area contributed by atoms with Crippen molar-refractivity contribution in [2.24, 2.45) is 5.92 Å². The van der Waals surface area contributed by atoms with E-state index in [1.165, 1.54) is 24.9 Å². The number of carbonyl (C=O) groups excluding carboxylic acids is 2. The summed E-state index contributed by atoms with van der Waals surface area (Å²) in [6.07, 6.45) is 0.0962. The van der Waals surface area contributed by atoms with E-state index >= 15 is 0 Å². The highest BCUT2D eigenvalue weighted by atomic mass is 32.2. The molecule has 0 radical (unpaired) electrons. The van der Waals surface area contributed by atoms with Gasteiger partial charge in [-0.3, -0.25) is 4.79 Å². The summed E-state index contributed by atoms with van der Waals surface area (Å²) in [5, 5.41) is 0.149. The van der Waals surface area contributed by atoms with Crippen molar-refractivity contribution in [3.63, 3.8) is 0 Å². The van der Waals surface area contributed by atoms with E-state index in [4.69, 9.17) is 4.74 Å². The Morgan fingerprint density at radius 1 is 1.16 bits per heavy atom. The second-order valence-corrected chi connectivity index (χ2v) is 9.12. The number of fused-ring (bicyclic) bond motifs is 1. The number of esters is 1. The van der Waals surface area contributed by atoms with Crippen LogP contribution in [0.5, 0.6) is 0 Å². The number of alkyl halides is 3. The van der Waals surface area contributed by atoms with Crippen LogP contribution < -0.4 is 0 Å². The molecule has 7 heteroatoms. The molecule has 0 spiro atoms.